The molecule has 1 heterocycles. The van der Waals surface area contributed by atoms with Crippen molar-refractivity contribution in [1.29, 1.82) is 0 Å². The minimum absolute atomic E-state index is 0.865. The summed E-state index contributed by atoms with van der Waals surface area (Å²) < 4.78 is 3.32. The van der Waals surface area contributed by atoms with Crippen molar-refractivity contribution in [3.05, 3.63) is 21.8 Å². The van der Waals surface area contributed by atoms with Gasteiger partial charge in [0.25, 0.3) is 0 Å². The third kappa shape index (κ3) is 1.31. The lowest BCUT2D eigenvalue weighted by molar-refractivity contribution is 1.70. The molecule has 0 amide bonds. The Morgan fingerprint density at radius 1 is 1.42 bits per heavy atom. The van der Waals surface area contributed by atoms with E-state index < -0.39 is 0 Å². The smallest absolute Gasteiger partial charge is 0.0581 e. The molecule has 0 spiro atoms. The molecule has 0 saturated heterocycles. The largest absolute Gasteiger partial charge is 0.397 e. The van der Waals surface area contributed by atoms with Crippen molar-refractivity contribution in [3.63, 3.8) is 0 Å². The molecule has 0 unspecified atom stereocenters. The lowest BCUT2D eigenvalue weighted by atomic mass is 10.2. The van der Waals surface area contributed by atoms with Crippen LogP contribution in [0.15, 0.2) is 22.4 Å². The van der Waals surface area contributed by atoms with E-state index in [1.807, 2.05) is 12.1 Å². The molecule has 0 atom stereocenters. The van der Waals surface area contributed by atoms with E-state index in [2.05, 4.69) is 41.3 Å². The molecule has 4 heteroatoms. The van der Waals surface area contributed by atoms with Gasteiger partial charge in [0.2, 0.25) is 0 Å². The Hall–Kier alpha value is 0.0600. The molecule has 1 aromatic carbocycles. The summed E-state index contributed by atoms with van der Waals surface area (Å²) in [4.78, 5) is 0. The summed E-state index contributed by atoms with van der Waals surface area (Å²) in [6.07, 6.45) is 0. The Labute approximate surface area is 93.5 Å². The monoisotopic (exact) mass is 307 g/mol. The summed E-state index contributed by atoms with van der Waals surface area (Å²) in [5.41, 5.74) is 6.76. The first-order chi connectivity index (χ1) is 5.68. The van der Waals surface area contributed by atoms with Crippen molar-refractivity contribution >= 4 is 62.3 Å². The number of fused-ring (bicyclic) bond motifs is 1. The van der Waals surface area contributed by atoms with Gasteiger partial charge in [0, 0.05) is 13.7 Å². The molecule has 2 aromatic rings. The molecule has 0 aliphatic heterocycles. The van der Waals surface area contributed by atoms with E-state index in [-0.39, 0.29) is 0 Å². The topological polar surface area (TPSA) is 26.0 Å². The van der Waals surface area contributed by atoms with Crippen LogP contribution in [0.4, 0.5) is 5.69 Å². The van der Waals surface area contributed by atoms with Gasteiger partial charge < -0.3 is 5.73 Å². The van der Waals surface area contributed by atoms with Gasteiger partial charge >= 0.3 is 0 Å². The van der Waals surface area contributed by atoms with Gasteiger partial charge in [0.1, 0.15) is 0 Å². The summed E-state index contributed by atoms with van der Waals surface area (Å²) >= 11 is 8.18. The van der Waals surface area contributed by atoms with Crippen molar-refractivity contribution in [2.45, 2.75) is 4.21 Å². The van der Waals surface area contributed by atoms with E-state index in [1.165, 1.54) is 4.70 Å². The fraction of sp³-hybridized carbons (Fsp3) is 0. The predicted octanol–water partition coefficient (Wildman–Crippen LogP) is 3.38. The normalized spacial score (nSPS) is 10.8. The highest BCUT2D eigenvalue weighted by molar-refractivity contribution is 14.1. The molecular formula is C8H6INS2. The van der Waals surface area contributed by atoms with Crippen LogP contribution >= 0.6 is 46.6 Å². The number of hydrogen-bond acceptors (Lipinski definition) is 3. The van der Waals surface area contributed by atoms with Crippen molar-refractivity contribution in [2.24, 2.45) is 0 Å². The van der Waals surface area contributed by atoms with Gasteiger partial charge in [-0.25, -0.2) is 0 Å². The van der Waals surface area contributed by atoms with Crippen molar-refractivity contribution in [2.75, 3.05) is 5.73 Å². The first-order valence-corrected chi connectivity index (χ1v) is 5.69. The van der Waals surface area contributed by atoms with Crippen LogP contribution in [0.2, 0.25) is 0 Å². The molecule has 0 fully saturated rings. The van der Waals surface area contributed by atoms with Crippen molar-refractivity contribution in [3.8, 4) is 0 Å². The summed E-state index contributed by atoms with van der Waals surface area (Å²) in [7, 11) is 0. The van der Waals surface area contributed by atoms with E-state index in [4.69, 9.17) is 5.73 Å². The molecule has 0 aliphatic rings. The first kappa shape index (κ1) is 8.65. The van der Waals surface area contributed by atoms with E-state index in [9.17, 15) is 0 Å². The molecule has 0 radical (unpaired) electrons. The Balaban J connectivity index is 2.89. The lowest BCUT2D eigenvalue weighted by Crippen LogP contribution is -1.88. The van der Waals surface area contributed by atoms with Gasteiger partial charge in [-0.15, -0.1) is 24.0 Å². The second-order valence-corrected chi connectivity index (χ2v) is 5.49. The second-order valence-electron chi connectivity index (χ2n) is 2.46. The van der Waals surface area contributed by atoms with Crippen LogP contribution in [-0.4, -0.2) is 0 Å². The molecule has 2 rings (SSSR count). The Kier molecular flexibility index (Phi) is 2.22. The molecule has 1 nitrogen and oxygen atoms in total. The SMILES string of the molecule is Nc1c(I)ccc2sc(S)cc12. The minimum Gasteiger partial charge on any atom is -0.397 e. The van der Waals surface area contributed by atoms with E-state index >= 15 is 0 Å². The zero-order chi connectivity index (χ0) is 8.72. The van der Waals surface area contributed by atoms with Crippen LogP contribution in [0, 0.1) is 3.57 Å². The molecule has 1 aromatic heterocycles. The van der Waals surface area contributed by atoms with Crippen LogP contribution in [-0.2, 0) is 0 Å². The van der Waals surface area contributed by atoms with Crippen LogP contribution in [0.25, 0.3) is 10.1 Å². The third-order valence-corrected chi connectivity index (χ3v) is 3.92. The van der Waals surface area contributed by atoms with Gasteiger partial charge in [-0.05, 0) is 40.8 Å². The van der Waals surface area contributed by atoms with Gasteiger partial charge in [-0.3, -0.25) is 0 Å². The van der Waals surface area contributed by atoms with Gasteiger partial charge in [0.05, 0.1) is 9.90 Å². The van der Waals surface area contributed by atoms with Crippen LogP contribution in [0.1, 0.15) is 0 Å². The number of anilines is 1. The summed E-state index contributed by atoms with van der Waals surface area (Å²) in [6.45, 7) is 0. The van der Waals surface area contributed by atoms with E-state index in [0.29, 0.717) is 0 Å². The van der Waals surface area contributed by atoms with Gasteiger partial charge in [0.15, 0.2) is 0 Å². The number of nitrogen functional groups attached to an aromatic ring is 1. The highest BCUT2D eigenvalue weighted by atomic mass is 127. The zero-order valence-electron chi connectivity index (χ0n) is 6.04. The number of benzene rings is 1. The number of thiol groups is 1. The number of nitrogens with two attached hydrogens (primary N) is 1. The van der Waals surface area contributed by atoms with Gasteiger partial charge in [-0.1, -0.05) is 0 Å². The van der Waals surface area contributed by atoms with E-state index in [0.717, 1.165) is 18.9 Å². The zero-order valence-corrected chi connectivity index (χ0v) is 9.91. The Morgan fingerprint density at radius 2 is 2.17 bits per heavy atom. The number of hydrogen-bond donors (Lipinski definition) is 2. The van der Waals surface area contributed by atoms with Crippen LogP contribution < -0.4 is 5.73 Å². The molecule has 2 N–H and O–H groups in total. The minimum atomic E-state index is 0.865. The first-order valence-electron chi connectivity index (χ1n) is 3.35. The van der Waals surface area contributed by atoms with Gasteiger partial charge in [-0.2, -0.15) is 0 Å². The Morgan fingerprint density at radius 3 is 2.92 bits per heavy atom. The average Bonchev–Trinajstić information content (AvgIpc) is 2.39. The molecule has 0 saturated carbocycles. The quantitative estimate of drug-likeness (QED) is 0.435. The highest BCUT2D eigenvalue weighted by Gasteiger charge is 2.04. The maximum Gasteiger partial charge on any atom is 0.0581 e. The van der Waals surface area contributed by atoms with Crippen LogP contribution in [0.3, 0.4) is 0 Å². The molecule has 62 valence electrons. The average molecular weight is 307 g/mol. The summed E-state index contributed by atoms with van der Waals surface area (Å²) in [5.74, 6) is 0. The predicted molar refractivity (Wildman–Crippen MR) is 66.2 cm³/mol. The summed E-state index contributed by atoms with van der Waals surface area (Å²) in [6, 6.07) is 6.13. The summed E-state index contributed by atoms with van der Waals surface area (Å²) in [5, 5.41) is 1.12. The molecule has 0 aliphatic carbocycles. The fourth-order valence-corrected chi connectivity index (χ4v) is 2.80. The molecular weight excluding hydrogens is 301 g/mol. The molecule has 12 heavy (non-hydrogen) atoms. The second kappa shape index (κ2) is 3.08. The standard InChI is InChI=1S/C8H6INS2/c9-5-1-2-6-4(8(5)10)3-7(11)12-6/h1-3,11H,10H2. The van der Waals surface area contributed by atoms with Crippen LogP contribution in [0.5, 0.6) is 0 Å². The number of rotatable bonds is 0. The van der Waals surface area contributed by atoms with E-state index in [1.54, 1.807) is 11.3 Å². The number of halogens is 1. The lowest BCUT2D eigenvalue weighted by Gasteiger charge is -1.97. The number of thiophene rings is 1. The Bertz CT molecular complexity index is 436. The highest BCUT2D eigenvalue weighted by Crippen LogP contribution is 2.33. The third-order valence-electron chi connectivity index (χ3n) is 1.68. The maximum absolute atomic E-state index is 5.90. The fourth-order valence-electron chi connectivity index (χ4n) is 1.09. The van der Waals surface area contributed by atoms with Crippen molar-refractivity contribution in [1.82, 2.24) is 0 Å². The molecule has 0 bridgehead atoms. The maximum atomic E-state index is 5.90. The van der Waals surface area contributed by atoms with Crippen molar-refractivity contribution < 1.29 is 0 Å².